The van der Waals surface area contributed by atoms with E-state index < -0.39 is 11.9 Å². The first-order valence-electron chi connectivity index (χ1n) is 6.27. The number of amides is 1. The highest BCUT2D eigenvalue weighted by Crippen LogP contribution is 2.15. The van der Waals surface area contributed by atoms with Gasteiger partial charge >= 0.3 is 0 Å². The van der Waals surface area contributed by atoms with E-state index >= 15 is 0 Å². The standard InChI is InChI=1S/C16H15N3O/c17-10-13-7-4-8-14(9-13)15(16(18)20)19-11-12-5-2-1-3-6-12/h1-9,15,19H,11H2,(H2,18,20). The van der Waals surface area contributed by atoms with Gasteiger partial charge in [0.15, 0.2) is 0 Å². The van der Waals surface area contributed by atoms with E-state index in [9.17, 15) is 4.79 Å². The van der Waals surface area contributed by atoms with Crippen LogP contribution in [0.25, 0.3) is 0 Å². The lowest BCUT2D eigenvalue weighted by atomic mass is 10.0. The summed E-state index contributed by atoms with van der Waals surface area (Å²) in [5, 5.41) is 12.0. The number of hydrogen-bond acceptors (Lipinski definition) is 3. The fourth-order valence-electron chi connectivity index (χ4n) is 1.99. The number of nitrogens with zero attached hydrogens (tertiary/aromatic N) is 1. The van der Waals surface area contributed by atoms with Gasteiger partial charge in [-0.1, -0.05) is 42.5 Å². The van der Waals surface area contributed by atoms with Crippen molar-refractivity contribution in [3.8, 4) is 6.07 Å². The van der Waals surface area contributed by atoms with Gasteiger partial charge in [-0.2, -0.15) is 5.26 Å². The van der Waals surface area contributed by atoms with Crippen molar-refractivity contribution in [3.05, 3.63) is 71.3 Å². The number of carbonyl (C=O) groups excluding carboxylic acids is 1. The van der Waals surface area contributed by atoms with E-state index in [1.165, 1.54) is 0 Å². The van der Waals surface area contributed by atoms with Crippen LogP contribution in [0.1, 0.15) is 22.7 Å². The number of nitrogens with one attached hydrogen (secondary N) is 1. The molecule has 0 aliphatic carbocycles. The molecule has 0 saturated heterocycles. The zero-order chi connectivity index (χ0) is 14.4. The van der Waals surface area contributed by atoms with E-state index in [0.29, 0.717) is 17.7 Å². The largest absolute Gasteiger partial charge is 0.368 e. The quantitative estimate of drug-likeness (QED) is 0.866. The molecule has 1 atom stereocenters. The molecule has 0 spiro atoms. The first-order valence-corrected chi connectivity index (χ1v) is 6.27. The highest BCUT2D eigenvalue weighted by Gasteiger charge is 2.17. The molecule has 0 aliphatic heterocycles. The molecule has 100 valence electrons. The topological polar surface area (TPSA) is 78.9 Å². The number of benzene rings is 2. The summed E-state index contributed by atoms with van der Waals surface area (Å²) in [6.07, 6.45) is 0. The van der Waals surface area contributed by atoms with Crippen LogP contribution in [-0.2, 0) is 11.3 Å². The first kappa shape index (κ1) is 13.8. The van der Waals surface area contributed by atoms with Crippen LogP contribution >= 0.6 is 0 Å². The number of rotatable bonds is 5. The lowest BCUT2D eigenvalue weighted by Crippen LogP contribution is -2.33. The molecule has 2 rings (SSSR count). The molecular weight excluding hydrogens is 250 g/mol. The maximum atomic E-state index is 11.6. The molecule has 2 aromatic carbocycles. The Morgan fingerprint density at radius 1 is 1.20 bits per heavy atom. The van der Waals surface area contributed by atoms with Crippen LogP contribution in [0.2, 0.25) is 0 Å². The summed E-state index contributed by atoms with van der Waals surface area (Å²) in [4.78, 5) is 11.6. The van der Waals surface area contributed by atoms with E-state index in [-0.39, 0.29) is 0 Å². The van der Waals surface area contributed by atoms with Crippen LogP contribution in [0.15, 0.2) is 54.6 Å². The minimum absolute atomic E-state index is 0.462. The monoisotopic (exact) mass is 265 g/mol. The smallest absolute Gasteiger partial charge is 0.239 e. The van der Waals surface area contributed by atoms with Crippen molar-refractivity contribution >= 4 is 5.91 Å². The van der Waals surface area contributed by atoms with Gasteiger partial charge in [0.2, 0.25) is 5.91 Å². The summed E-state index contributed by atoms with van der Waals surface area (Å²) in [6, 6.07) is 18.1. The molecule has 1 unspecified atom stereocenters. The minimum atomic E-state index is -0.608. The Hall–Kier alpha value is -2.64. The molecule has 3 N–H and O–H groups in total. The third-order valence-corrected chi connectivity index (χ3v) is 2.99. The third-order valence-electron chi connectivity index (χ3n) is 2.99. The Bertz CT molecular complexity index is 632. The van der Waals surface area contributed by atoms with E-state index in [4.69, 9.17) is 11.0 Å². The average molecular weight is 265 g/mol. The summed E-state index contributed by atoms with van der Waals surface area (Å²) >= 11 is 0. The second-order valence-electron chi connectivity index (χ2n) is 4.44. The van der Waals surface area contributed by atoms with Crippen molar-refractivity contribution in [2.75, 3.05) is 0 Å². The summed E-state index contributed by atoms with van der Waals surface area (Å²) in [7, 11) is 0. The van der Waals surface area contributed by atoms with Crippen molar-refractivity contribution in [3.63, 3.8) is 0 Å². The van der Waals surface area contributed by atoms with Crippen LogP contribution in [-0.4, -0.2) is 5.91 Å². The van der Waals surface area contributed by atoms with Gasteiger partial charge in [0.05, 0.1) is 11.6 Å². The fraction of sp³-hybridized carbons (Fsp3) is 0.125. The molecule has 0 heterocycles. The summed E-state index contributed by atoms with van der Waals surface area (Å²) in [6.45, 7) is 0.533. The van der Waals surface area contributed by atoms with Gasteiger partial charge in [-0.3, -0.25) is 10.1 Å². The lowest BCUT2D eigenvalue weighted by molar-refractivity contribution is -0.120. The Morgan fingerprint density at radius 2 is 1.95 bits per heavy atom. The molecule has 0 bridgehead atoms. The van der Waals surface area contributed by atoms with Crippen LogP contribution in [0.4, 0.5) is 0 Å². The second-order valence-corrected chi connectivity index (χ2v) is 4.44. The van der Waals surface area contributed by atoms with E-state index in [2.05, 4.69) is 11.4 Å². The fourth-order valence-corrected chi connectivity index (χ4v) is 1.99. The summed E-state index contributed by atoms with van der Waals surface area (Å²) < 4.78 is 0. The van der Waals surface area contributed by atoms with Gasteiger partial charge < -0.3 is 5.73 Å². The number of hydrogen-bond donors (Lipinski definition) is 2. The van der Waals surface area contributed by atoms with Crippen LogP contribution in [0.5, 0.6) is 0 Å². The lowest BCUT2D eigenvalue weighted by Gasteiger charge is -2.16. The van der Waals surface area contributed by atoms with Crippen molar-refractivity contribution in [1.82, 2.24) is 5.32 Å². The highest BCUT2D eigenvalue weighted by molar-refractivity contribution is 5.81. The number of carbonyl (C=O) groups is 1. The maximum Gasteiger partial charge on any atom is 0.239 e. The summed E-state index contributed by atoms with van der Waals surface area (Å²) in [5.74, 6) is -0.462. The minimum Gasteiger partial charge on any atom is -0.368 e. The molecular formula is C16H15N3O. The Morgan fingerprint density at radius 3 is 2.60 bits per heavy atom. The third kappa shape index (κ3) is 3.44. The molecule has 4 nitrogen and oxygen atoms in total. The number of primary amides is 1. The van der Waals surface area contributed by atoms with Gasteiger partial charge in [0.1, 0.15) is 6.04 Å². The second kappa shape index (κ2) is 6.50. The molecule has 0 aliphatic rings. The van der Waals surface area contributed by atoms with Crippen LogP contribution in [0.3, 0.4) is 0 Å². The number of nitrogens with two attached hydrogens (primary N) is 1. The van der Waals surface area contributed by atoms with E-state index in [1.54, 1.807) is 24.3 Å². The van der Waals surface area contributed by atoms with Crippen LogP contribution in [0, 0.1) is 11.3 Å². The molecule has 2 aromatic rings. The molecule has 0 aromatic heterocycles. The van der Waals surface area contributed by atoms with Gasteiger partial charge in [0, 0.05) is 6.54 Å². The molecule has 0 fully saturated rings. The Kier molecular flexibility index (Phi) is 4.48. The van der Waals surface area contributed by atoms with Crippen molar-refractivity contribution < 1.29 is 4.79 Å². The van der Waals surface area contributed by atoms with Gasteiger partial charge in [-0.15, -0.1) is 0 Å². The molecule has 1 amide bonds. The molecule has 0 radical (unpaired) electrons. The van der Waals surface area contributed by atoms with Crippen molar-refractivity contribution in [2.24, 2.45) is 5.73 Å². The molecule has 20 heavy (non-hydrogen) atoms. The highest BCUT2D eigenvalue weighted by atomic mass is 16.1. The average Bonchev–Trinajstić information content (AvgIpc) is 2.48. The SMILES string of the molecule is N#Cc1cccc(C(NCc2ccccc2)C(N)=O)c1. The van der Waals surface area contributed by atoms with Crippen molar-refractivity contribution in [1.29, 1.82) is 5.26 Å². The van der Waals surface area contributed by atoms with E-state index in [1.807, 2.05) is 30.3 Å². The predicted octanol–water partition coefficient (Wildman–Crippen LogP) is 1.87. The number of nitriles is 1. The van der Waals surface area contributed by atoms with E-state index in [0.717, 1.165) is 5.56 Å². The Balaban J connectivity index is 2.15. The predicted molar refractivity (Wildman–Crippen MR) is 76.4 cm³/mol. The first-order chi connectivity index (χ1) is 9.70. The zero-order valence-corrected chi connectivity index (χ0v) is 10.9. The Labute approximate surface area is 117 Å². The molecule has 0 saturated carbocycles. The van der Waals surface area contributed by atoms with Gasteiger partial charge in [-0.25, -0.2) is 0 Å². The summed E-state index contributed by atoms with van der Waals surface area (Å²) in [5.41, 5.74) is 7.72. The van der Waals surface area contributed by atoms with Gasteiger partial charge in [0.25, 0.3) is 0 Å². The van der Waals surface area contributed by atoms with Crippen molar-refractivity contribution in [2.45, 2.75) is 12.6 Å². The zero-order valence-electron chi connectivity index (χ0n) is 10.9. The van der Waals surface area contributed by atoms with Gasteiger partial charge in [-0.05, 0) is 23.3 Å². The maximum absolute atomic E-state index is 11.6. The normalized spacial score (nSPS) is 11.6. The van der Waals surface area contributed by atoms with Crippen LogP contribution < -0.4 is 11.1 Å². The molecule has 4 heteroatoms.